The molecule has 0 fully saturated rings. The van der Waals surface area contributed by atoms with Crippen molar-refractivity contribution in [1.82, 2.24) is 0 Å². The van der Waals surface area contributed by atoms with Gasteiger partial charge in [0, 0.05) is 7.11 Å². The molecule has 1 rings (SSSR count). The minimum absolute atomic E-state index is 0.0786. The van der Waals surface area contributed by atoms with Crippen molar-refractivity contribution in [3.8, 4) is 5.75 Å². The first-order chi connectivity index (χ1) is 8.04. The molecule has 0 aliphatic rings. The van der Waals surface area contributed by atoms with Gasteiger partial charge in [0.25, 0.3) is 0 Å². The molecule has 0 aromatic heterocycles. The summed E-state index contributed by atoms with van der Waals surface area (Å²) in [6.45, 7) is 7.49. The highest BCUT2D eigenvalue weighted by Crippen LogP contribution is 2.23. The summed E-state index contributed by atoms with van der Waals surface area (Å²) in [5.74, 6) is 1.42. The lowest BCUT2D eigenvalue weighted by Gasteiger charge is -2.15. The molecular formula is C14H23NO2. The molecule has 3 heteroatoms. The van der Waals surface area contributed by atoms with E-state index in [9.17, 15) is 0 Å². The maximum Gasteiger partial charge on any atom is 0.119 e. The second kappa shape index (κ2) is 6.62. The topological polar surface area (TPSA) is 44.5 Å². The van der Waals surface area contributed by atoms with Gasteiger partial charge in [0.2, 0.25) is 0 Å². The van der Waals surface area contributed by atoms with Gasteiger partial charge in [0.1, 0.15) is 12.4 Å². The van der Waals surface area contributed by atoms with E-state index in [2.05, 4.69) is 32.9 Å². The Morgan fingerprint density at radius 1 is 1.24 bits per heavy atom. The number of hydrogen-bond acceptors (Lipinski definition) is 3. The Balaban J connectivity index is 2.58. The summed E-state index contributed by atoms with van der Waals surface area (Å²) < 4.78 is 10.6. The first-order valence-corrected chi connectivity index (χ1v) is 6.02. The van der Waals surface area contributed by atoms with Crippen LogP contribution in [0.2, 0.25) is 0 Å². The number of rotatable bonds is 6. The Kier molecular flexibility index (Phi) is 5.45. The van der Waals surface area contributed by atoms with E-state index in [0.717, 1.165) is 5.75 Å². The van der Waals surface area contributed by atoms with Crippen LogP contribution in [0.25, 0.3) is 0 Å². The van der Waals surface area contributed by atoms with Crippen molar-refractivity contribution in [2.45, 2.75) is 32.7 Å². The number of benzene rings is 1. The fourth-order valence-corrected chi connectivity index (χ4v) is 1.85. The number of ether oxygens (including phenoxy) is 2. The van der Waals surface area contributed by atoms with Crippen LogP contribution in [0.15, 0.2) is 18.2 Å². The molecule has 0 saturated carbocycles. The van der Waals surface area contributed by atoms with E-state index in [0.29, 0.717) is 19.1 Å². The van der Waals surface area contributed by atoms with Crippen molar-refractivity contribution < 1.29 is 9.47 Å². The lowest BCUT2D eigenvalue weighted by atomic mass is 9.98. The van der Waals surface area contributed by atoms with E-state index < -0.39 is 0 Å². The van der Waals surface area contributed by atoms with Crippen molar-refractivity contribution in [1.29, 1.82) is 0 Å². The number of methoxy groups -OCH3 is 1. The molecule has 3 nitrogen and oxygen atoms in total. The van der Waals surface area contributed by atoms with Gasteiger partial charge >= 0.3 is 0 Å². The molecule has 0 heterocycles. The Morgan fingerprint density at radius 2 is 1.94 bits per heavy atom. The SMILES string of the molecule is COCC(N)COc1ccc(C(C)C)c(C)c1. The van der Waals surface area contributed by atoms with Crippen molar-refractivity contribution in [3.05, 3.63) is 29.3 Å². The highest BCUT2D eigenvalue weighted by molar-refractivity contribution is 5.36. The molecule has 1 atom stereocenters. The van der Waals surface area contributed by atoms with Gasteiger partial charge in [-0.1, -0.05) is 19.9 Å². The number of aryl methyl sites for hydroxylation is 1. The molecule has 0 spiro atoms. The second-order valence-corrected chi connectivity index (χ2v) is 4.70. The molecule has 0 aliphatic heterocycles. The molecule has 2 N–H and O–H groups in total. The zero-order valence-corrected chi connectivity index (χ0v) is 11.2. The highest BCUT2D eigenvalue weighted by Gasteiger charge is 2.06. The predicted molar refractivity (Wildman–Crippen MR) is 70.6 cm³/mol. The lowest BCUT2D eigenvalue weighted by Crippen LogP contribution is -2.32. The molecule has 96 valence electrons. The molecular weight excluding hydrogens is 214 g/mol. The maximum absolute atomic E-state index is 5.80. The van der Waals surface area contributed by atoms with Gasteiger partial charge in [-0.05, 0) is 36.1 Å². The van der Waals surface area contributed by atoms with E-state index in [1.807, 2.05) is 6.07 Å². The van der Waals surface area contributed by atoms with Crippen LogP contribution in [0.5, 0.6) is 5.75 Å². The van der Waals surface area contributed by atoms with E-state index in [4.69, 9.17) is 15.2 Å². The van der Waals surface area contributed by atoms with Crippen LogP contribution in [-0.4, -0.2) is 26.4 Å². The third-order valence-corrected chi connectivity index (χ3v) is 2.71. The van der Waals surface area contributed by atoms with E-state index in [1.165, 1.54) is 11.1 Å². The zero-order valence-electron chi connectivity index (χ0n) is 11.2. The molecule has 1 unspecified atom stereocenters. The maximum atomic E-state index is 5.80. The molecule has 17 heavy (non-hydrogen) atoms. The van der Waals surface area contributed by atoms with Gasteiger partial charge in [-0.25, -0.2) is 0 Å². The van der Waals surface area contributed by atoms with E-state index >= 15 is 0 Å². The lowest BCUT2D eigenvalue weighted by molar-refractivity contribution is 0.152. The monoisotopic (exact) mass is 237 g/mol. The van der Waals surface area contributed by atoms with E-state index in [-0.39, 0.29) is 6.04 Å². The average Bonchev–Trinajstić information content (AvgIpc) is 2.26. The van der Waals surface area contributed by atoms with Crippen LogP contribution in [0.3, 0.4) is 0 Å². The fourth-order valence-electron chi connectivity index (χ4n) is 1.85. The highest BCUT2D eigenvalue weighted by atomic mass is 16.5. The minimum atomic E-state index is -0.0786. The van der Waals surface area contributed by atoms with Crippen LogP contribution in [0.4, 0.5) is 0 Å². The van der Waals surface area contributed by atoms with E-state index in [1.54, 1.807) is 7.11 Å². The quantitative estimate of drug-likeness (QED) is 0.826. The molecule has 1 aromatic rings. The summed E-state index contributed by atoms with van der Waals surface area (Å²) in [4.78, 5) is 0. The van der Waals surface area contributed by atoms with Gasteiger partial charge in [0.05, 0.1) is 12.6 Å². The summed E-state index contributed by atoms with van der Waals surface area (Å²) in [5, 5.41) is 0. The van der Waals surface area contributed by atoms with Crippen LogP contribution in [-0.2, 0) is 4.74 Å². The van der Waals surface area contributed by atoms with Gasteiger partial charge in [-0.15, -0.1) is 0 Å². The summed E-state index contributed by atoms with van der Waals surface area (Å²) >= 11 is 0. The predicted octanol–water partition coefficient (Wildman–Crippen LogP) is 2.47. The largest absolute Gasteiger partial charge is 0.492 e. The third kappa shape index (κ3) is 4.36. The summed E-state index contributed by atoms with van der Waals surface area (Å²) in [6.07, 6.45) is 0. The summed E-state index contributed by atoms with van der Waals surface area (Å²) in [5.41, 5.74) is 8.42. The summed E-state index contributed by atoms with van der Waals surface area (Å²) in [6, 6.07) is 6.11. The van der Waals surface area contributed by atoms with Gasteiger partial charge in [0.15, 0.2) is 0 Å². The van der Waals surface area contributed by atoms with Crippen molar-refractivity contribution in [2.75, 3.05) is 20.3 Å². The number of nitrogens with two attached hydrogens (primary N) is 1. The standard InChI is InChI=1S/C14H23NO2/c1-10(2)14-6-5-13(7-11(14)3)17-9-12(15)8-16-4/h5-7,10,12H,8-9,15H2,1-4H3. The van der Waals surface area contributed by atoms with Gasteiger partial charge in [-0.2, -0.15) is 0 Å². The zero-order chi connectivity index (χ0) is 12.8. The Bertz CT molecular complexity index is 350. The third-order valence-electron chi connectivity index (χ3n) is 2.71. The van der Waals surface area contributed by atoms with Crippen LogP contribution < -0.4 is 10.5 Å². The van der Waals surface area contributed by atoms with Gasteiger partial charge in [-0.3, -0.25) is 0 Å². The van der Waals surface area contributed by atoms with Crippen molar-refractivity contribution in [2.24, 2.45) is 5.73 Å². The molecule has 1 aromatic carbocycles. The first kappa shape index (κ1) is 14.0. The smallest absolute Gasteiger partial charge is 0.119 e. The Hall–Kier alpha value is -1.06. The fraction of sp³-hybridized carbons (Fsp3) is 0.571. The molecule has 0 radical (unpaired) electrons. The molecule has 0 saturated heterocycles. The van der Waals surface area contributed by atoms with Gasteiger partial charge < -0.3 is 15.2 Å². The molecule has 0 amide bonds. The average molecular weight is 237 g/mol. The van der Waals surface area contributed by atoms with Crippen LogP contribution in [0.1, 0.15) is 30.9 Å². The first-order valence-electron chi connectivity index (χ1n) is 6.02. The normalized spacial score (nSPS) is 12.8. The minimum Gasteiger partial charge on any atom is -0.492 e. The molecule has 0 aliphatic carbocycles. The van der Waals surface area contributed by atoms with Crippen molar-refractivity contribution >= 4 is 0 Å². The van der Waals surface area contributed by atoms with Crippen molar-refractivity contribution in [3.63, 3.8) is 0 Å². The van der Waals surface area contributed by atoms with Crippen LogP contribution in [0, 0.1) is 6.92 Å². The van der Waals surface area contributed by atoms with Crippen LogP contribution >= 0.6 is 0 Å². The number of hydrogen-bond donors (Lipinski definition) is 1. The Morgan fingerprint density at radius 3 is 2.47 bits per heavy atom. The summed E-state index contributed by atoms with van der Waals surface area (Å²) in [7, 11) is 1.64. The molecule has 0 bridgehead atoms. The second-order valence-electron chi connectivity index (χ2n) is 4.70. The Labute approximate surface area is 104 Å².